The molecule has 1 amide bonds. The van der Waals surface area contributed by atoms with Crippen molar-refractivity contribution in [2.45, 2.75) is 52.0 Å². The Bertz CT molecular complexity index is 488. The summed E-state index contributed by atoms with van der Waals surface area (Å²) in [4.78, 5) is 21.0. The highest BCUT2D eigenvalue weighted by Gasteiger charge is 2.48. The predicted molar refractivity (Wildman–Crippen MR) is 102 cm³/mol. The van der Waals surface area contributed by atoms with Gasteiger partial charge in [0.15, 0.2) is 5.96 Å². The van der Waals surface area contributed by atoms with E-state index in [0.717, 1.165) is 44.6 Å². The summed E-state index contributed by atoms with van der Waals surface area (Å²) in [6.45, 7) is 9.30. The summed E-state index contributed by atoms with van der Waals surface area (Å²) in [6.07, 6.45) is 7.03. The fraction of sp³-hybridized carbons (Fsp3) is 0.895. The molecule has 0 unspecified atom stereocenters. The highest BCUT2D eigenvalue weighted by atomic mass is 16.2. The van der Waals surface area contributed by atoms with E-state index in [1.807, 2.05) is 20.9 Å². The Morgan fingerprint density at radius 2 is 1.88 bits per heavy atom. The first-order valence-electron chi connectivity index (χ1n) is 10.00. The van der Waals surface area contributed by atoms with Crippen molar-refractivity contribution in [2.24, 2.45) is 16.3 Å². The largest absolute Gasteiger partial charge is 0.356 e. The molecule has 0 aromatic carbocycles. The van der Waals surface area contributed by atoms with Crippen LogP contribution in [0.1, 0.15) is 46.0 Å². The quantitative estimate of drug-likeness (QED) is 0.560. The second-order valence-electron chi connectivity index (χ2n) is 8.38. The third-order valence-electron chi connectivity index (χ3n) is 6.09. The molecule has 3 aliphatic rings. The molecule has 25 heavy (non-hydrogen) atoms. The molecule has 0 bridgehead atoms. The van der Waals surface area contributed by atoms with Crippen molar-refractivity contribution in [3.8, 4) is 0 Å². The number of guanidine groups is 1. The van der Waals surface area contributed by atoms with E-state index in [0.29, 0.717) is 12.0 Å². The van der Waals surface area contributed by atoms with Crippen LogP contribution in [0.4, 0.5) is 0 Å². The fourth-order valence-corrected chi connectivity index (χ4v) is 4.33. The van der Waals surface area contributed by atoms with Crippen molar-refractivity contribution in [3.05, 3.63) is 0 Å². The number of carbonyl (C=O) groups is 1. The van der Waals surface area contributed by atoms with Crippen molar-refractivity contribution in [2.75, 3.05) is 46.3 Å². The molecule has 0 radical (unpaired) electrons. The number of nitrogens with one attached hydrogen (secondary N) is 2. The van der Waals surface area contributed by atoms with E-state index in [-0.39, 0.29) is 11.9 Å². The van der Waals surface area contributed by atoms with Gasteiger partial charge in [0.05, 0.1) is 6.54 Å². The highest BCUT2D eigenvalue weighted by Crippen LogP contribution is 2.56. The van der Waals surface area contributed by atoms with Crippen molar-refractivity contribution in [1.82, 2.24) is 20.4 Å². The monoisotopic (exact) mass is 349 g/mol. The zero-order valence-corrected chi connectivity index (χ0v) is 16.2. The van der Waals surface area contributed by atoms with E-state index >= 15 is 0 Å². The minimum Gasteiger partial charge on any atom is -0.356 e. The summed E-state index contributed by atoms with van der Waals surface area (Å²) in [6, 6.07) is 0.210. The zero-order valence-electron chi connectivity index (χ0n) is 16.2. The Kier molecular flexibility index (Phi) is 5.87. The van der Waals surface area contributed by atoms with Crippen LogP contribution in [-0.2, 0) is 4.79 Å². The Labute approximate surface area is 152 Å². The molecule has 2 saturated carbocycles. The van der Waals surface area contributed by atoms with Crippen LogP contribution >= 0.6 is 0 Å². The van der Waals surface area contributed by atoms with Crippen molar-refractivity contribution >= 4 is 11.9 Å². The van der Waals surface area contributed by atoms with Crippen molar-refractivity contribution < 1.29 is 4.79 Å². The number of amides is 1. The van der Waals surface area contributed by atoms with E-state index in [1.54, 1.807) is 0 Å². The van der Waals surface area contributed by atoms with Gasteiger partial charge < -0.3 is 15.5 Å². The van der Waals surface area contributed by atoms with E-state index in [1.165, 1.54) is 32.1 Å². The van der Waals surface area contributed by atoms with Crippen LogP contribution in [0.3, 0.4) is 0 Å². The van der Waals surface area contributed by atoms with Gasteiger partial charge in [-0.15, -0.1) is 0 Å². The van der Waals surface area contributed by atoms with Gasteiger partial charge in [-0.2, -0.15) is 0 Å². The van der Waals surface area contributed by atoms with Crippen molar-refractivity contribution in [3.63, 3.8) is 0 Å². The molecule has 6 heteroatoms. The molecule has 6 nitrogen and oxygen atoms in total. The van der Waals surface area contributed by atoms with Gasteiger partial charge in [0, 0.05) is 45.8 Å². The minimum atomic E-state index is 0.127. The lowest BCUT2D eigenvalue weighted by atomic mass is 9.65. The summed E-state index contributed by atoms with van der Waals surface area (Å²) in [5.74, 6) is 2.13. The molecule has 3 fully saturated rings. The van der Waals surface area contributed by atoms with Crippen LogP contribution in [0.25, 0.3) is 0 Å². The summed E-state index contributed by atoms with van der Waals surface area (Å²) in [5.41, 5.74) is 0.562. The maximum Gasteiger partial charge on any atom is 0.234 e. The minimum absolute atomic E-state index is 0.127. The number of carbonyl (C=O) groups excluding carboxylic acids is 1. The second-order valence-corrected chi connectivity index (χ2v) is 8.38. The number of aliphatic imine (C=N–C) groups is 1. The van der Waals surface area contributed by atoms with Gasteiger partial charge in [0.1, 0.15) is 0 Å². The number of nitrogens with zero attached hydrogens (tertiary/aromatic N) is 3. The lowest BCUT2D eigenvalue weighted by Gasteiger charge is -2.44. The van der Waals surface area contributed by atoms with Gasteiger partial charge in [-0.05, 0) is 50.9 Å². The summed E-state index contributed by atoms with van der Waals surface area (Å²) >= 11 is 0. The molecule has 1 heterocycles. The topological polar surface area (TPSA) is 60.0 Å². The Morgan fingerprint density at radius 1 is 1.20 bits per heavy atom. The SMILES string of the molecule is CN=C(NCC1(C2CC2)CCC1)N1CCN(CC(=O)NC(C)C)CC1. The number of piperazine rings is 1. The van der Waals surface area contributed by atoms with Gasteiger partial charge in [-0.3, -0.25) is 14.7 Å². The molecule has 142 valence electrons. The average Bonchev–Trinajstić information content (AvgIpc) is 3.35. The van der Waals surface area contributed by atoms with Crippen LogP contribution in [0, 0.1) is 11.3 Å². The number of rotatable bonds is 6. The Balaban J connectivity index is 1.42. The van der Waals surface area contributed by atoms with E-state index in [4.69, 9.17) is 0 Å². The van der Waals surface area contributed by atoms with Gasteiger partial charge in [-0.1, -0.05) is 6.42 Å². The highest BCUT2D eigenvalue weighted by molar-refractivity contribution is 5.80. The van der Waals surface area contributed by atoms with Gasteiger partial charge in [-0.25, -0.2) is 0 Å². The second kappa shape index (κ2) is 7.94. The van der Waals surface area contributed by atoms with Crippen LogP contribution in [0.2, 0.25) is 0 Å². The van der Waals surface area contributed by atoms with E-state index in [2.05, 4.69) is 25.4 Å². The van der Waals surface area contributed by atoms with Crippen LogP contribution in [0.15, 0.2) is 4.99 Å². The lowest BCUT2D eigenvalue weighted by Crippen LogP contribution is -2.55. The third kappa shape index (κ3) is 4.66. The predicted octanol–water partition coefficient (Wildman–Crippen LogP) is 1.28. The molecular weight excluding hydrogens is 314 g/mol. The standard InChI is InChI=1S/C19H35N5O/c1-15(2)22-17(25)13-23-9-11-24(12-10-23)18(20-3)21-14-19(7-4-8-19)16-5-6-16/h15-16H,4-14H2,1-3H3,(H,20,21)(H,22,25). The number of hydrogen-bond donors (Lipinski definition) is 2. The van der Waals surface area contributed by atoms with Crippen LogP contribution in [0.5, 0.6) is 0 Å². The molecular formula is C19H35N5O. The molecule has 1 saturated heterocycles. The summed E-state index contributed by atoms with van der Waals surface area (Å²) in [7, 11) is 1.88. The maximum atomic E-state index is 11.9. The van der Waals surface area contributed by atoms with Gasteiger partial charge in [0.25, 0.3) is 0 Å². The number of hydrogen-bond acceptors (Lipinski definition) is 3. The molecule has 0 aromatic heterocycles. The van der Waals surface area contributed by atoms with E-state index in [9.17, 15) is 4.79 Å². The summed E-state index contributed by atoms with van der Waals surface area (Å²) in [5, 5.41) is 6.63. The molecule has 0 aromatic rings. The first-order valence-corrected chi connectivity index (χ1v) is 10.00. The average molecular weight is 350 g/mol. The third-order valence-corrected chi connectivity index (χ3v) is 6.09. The van der Waals surface area contributed by atoms with Gasteiger partial charge >= 0.3 is 0 Å². The fourth-order valence-electron chi connectivity index (χ4n) is 4.33. The summed E-state index contributed by atoms with van der Waals surface area (Å²) < 4.78 is 0. The van der Waals surface area contributed by atoms with E-state index < -0.39 is 0 Å². The van der Waals surface area contributed by atoms with Gasteiger partial charge in [0.2, 0.25) is 5.91 Å². The molecule has 2 aliphatic carbocycles. The molecule has 2 N–H and O–H groups in total. The lowest BCUT2D eigenvalue weighted by molar-refractivity contribution is -0.123. The molecule has 0 atom stereocenters. The Hall–Kier alpha value is -1.30. The molecule has 1 aliphatic heterocycles. The first kappa shape index (κ1) is 18.5. The Morgan fingerprint density at radius 3 is 2.36 bits per heavy atom. The first-order chi connectivity index (χ1) is 12.0. The molecule has 0 spiro atoms. The smallest absolute Gasteiger partial charge is 0.234 e. The normalized spacial score (nSPS) is 24.2. The molecule has 3 rings (SSSR count). The zero-order chi connectivity index (χ0) is 17.9. The van der Waals surface area contributed by atoms with Crippen LogP contribution in [-0.4, -0.2) is 74.0 Å². The maximum absolute atomic E-state index is 11.9. The van der Waals surface area contributed by atoms with Crippen molar-refractivity contribution in [1.29, 1.82) is 0 Å². The van der Waals surface area contributed by atoms with Crippen LogP contribution < -0.4 is 10.6 Å².